The molecule has 0 amide bonds. The van der Waals surface area contributed by atoms with E-state index in [1.807, 2.05) is 37.4 Å². The van der Waals surface area contributed by atoms with E-state index in [9.17, 15) is 0 Å². The summed E-state index contributed by atoms with van der Waals surface area (Å²) in [7, 11) is 3.40. The number of rotatable bonds is 7. The van der Waals surface area contributed by atoms with Crippen LogP contribution < -0.4 is 15.4 Å². The van der Waals surface area contributed by atoms with Gasteiger partial charge in [0, 0.05) is 37.1 Å². The predicted octanol–water partition coefficient (Wildman–Crippen LogP) is 3.62. The lowest BCUT2D eigenvalue weighted by atomic mass is 10.1. The van der Waals surface area contributed by atoms with Crippen molar-refractivity contribution >= 4 is 41.5 Å². The van der Waals surface area contributed by atoms with Gasteiger partial charge < -0.3 is 15.4 Å². The lowest BCUT2D eigenvalue weighted by molar-refractivity contribution is 0.414. The Hall–Kier alpha value is -1.54. The fourth-order valence-corrected chi connectivity index (χ4v) is 2.63. The minimum Gasteiger partial charge on any atom is -0.497 e. The van der Waals surface area contributed by atoms with Crippen molar-refractivity contribution < 1.29 is 4.74 Å². The highest BCUT2D eigenvalue weighted by Gasteiger charge is 2.03. The molecule has 0 saturated carbocycles. The summed E-state index contributed by atoms with van der Waals surface area (Å²) in [6, 6.07) is 9.87. The second-order valence-electron chi connectivity index (χ2n) is 5.69. The number of benzene rings is 1. The number of aliphatic imine (C=N–C) groups is 1. The summed E-state index contributed by atoms with van der Waals surface area (Å²) in [5, 5.41) is 7.33. The van der Waals surface area contributed by atoms with E-state index >= 15 is 0 Å². The van der Waals surface area contributed by atoms with Crippen LogP contribution in [0.4, 0.5) is 0 Å². The lowest BCUT2D eigenvalue weighted by Crippen LogP contribution is -2.39. The van der Waals surface area contributed by atoms with E-state index in [2.05, 4.69) is 26.7 Å². The molecule has 0 aliphatic rings. The van der Waals surface area contributed by atoms with E-state index in [1.54, 1.807) is 14.2 Å². The highest BCUT2D eigenvalue weighted by Crippen LogP contribution is 2.22. The van der Waals surface area contributed by atoms with E-state index < -0.39 is 0 Å². The standard InChI is InChI=1S/C19H25ClN4O.HI/c1-14-4-5-15(13-24-14)8-10-22-19(21-2)23-11-9-16-6-7-17(25-3)12-18(16)20;/h4-7,12-13H,8-11H2,1-3H3,(H2,21,22,23);1H. The zero-order valence-corrected chi connectivity index (χ0v) is 18.5. The smallest absolute Gasteiger partial charge is 0.190 e. The van der Waals surface area contributed by atoms with Crippen molar-refractivity contribution in [3.8, 4) is 5.75 Å². The van der Waals surface area contributed by atoms with Crippen LogP contribution in [-0.2, 0) is 12.8 Å². The van der Waals surface area contributed by atoms with E-state index in [1.165, 1.54) is 5.56 Å². The molecule has 0 atom stereocenters. The Kier molecular flexibility index (Phi) is 10.3. The minimum absolute atomic E-state index is 0. The third-order valence-electron chi connectivity index (χ3n) is 3.85. The van der Waals surface area contributed by atoms with Crippen molar-refractivity contribution in [2.24, 2.45) is 4.99 Å². The van der Waals surface area contributed by atoms with Gasteiger partial charge in [-0.25, -0.2) is 0 Å². The molecule has 2 aromatic rings. The second-order valence-corrected chi connectivity index (χ2v) is 6.10. The maximum Gasteiger partial charge on any atom is 0.190 e. The molecule has 2 N–H and O–H groups in total. The number of aromatic nitrogens is 1. The molecule has 2 rings (SSSR count). The molecule has 0 bridgehead atoms. The van der Waals surface area contributed by atoms with Gasteiger partial charge in [0.2, 0.25) is 0 Å². The molecule has 0 aliphatic heterocycles. The number of nitrogens with zero attached hydrogens (tertiary/aromatic N) is 2. The zero-order chi connectivity index (χ0) is 18.1. The van der Waals surface area contributed by atoms with Gasteiger partial charge in [0.05, 0.1) is 7.11 Å². The van der Waals surface area contributed by atoms with Crippen molar-refractivity contribution in [3.63, 3.8) is 0 Å². The summed E-state index contributed by atoms with van der Waals surface area (Å²) in [5.74, 6) is 1.55. The van der Waals surface area contributed by atoms with Crippen LogP contribution in [0.3, 0.4) is 0 Å². The van der Waals surface area contributed by atoms with Gasteiger partial charge in [-0.15, -0.1) is 24.0 Å². The van der Waals surface area contributed by atoms with Crippen LogP contribution in [0.15, 0.2) is 41.5 Å². The molecule has 0 radical (unpaired) electrons. The maximum atomic E-state index is 6.26. The molecule has 1 aromatic heterocycles. The summed E-state index contributed by atoms with van der Waals surface area (Å²) in [6.45, 7) is 3.54. The quantitative estimate of drug-likeness (QED) is 0.355. The maximum absolute atomic E-state index is 6.26. The van der Waals surface area contributed by atoms with Crippen LogP contribution in [0.25, 0.3) is 0 Å². The summed E-state index contributed by atoms with van der Waals surface area (Å²) in [5.41, 5.74) is 3.32. The van der Waals surface area contributed by atoms with Crippen molar-refractivity contribution in [2.75, 3.05) is 27.2 Å². The zero-order valence-electron chi connectivity index (χ0n) is 15.4. The molecule has 0 saturated heterocycles. The fourth-order valence-electron chi connectivity index (χ4n) is 2.37. The predicted molar refractivity (Wildman–Crippen MR) is 119 cm³/mol. The van der Waals surface area contributed by atoms with Gasteiger partial charge in [-0.3, -0.25) is 9.98 Å². The van der Waals surface area contributed by atoms with Crippen LogP contribution in [0, 0.1) is 6.92 Å². The second kappa shape index (κ2) is 12.0. The molecule has 26 heavy (non-hydrogen) atoms. The molecule has 1 aromatic carbocycles. The summed E-state index contributed by atoms with van der Waals surface area (Å²) < 4.78 is 5.16. The van der Waals surface area contributed by atoms with Crippen LogP contribution in [0.5, 0.6) is 5.75 Å². The lowest BCUT2D eigenvalue weighted by Gasteiger charge is -2.12. The topological polar surface area (TPSA) is 58.5 Å². The first-order valence-corrected chi connectivity index (χ1v) is 8.68. The van der Waals surface area contributed by atoms with Gasteiger partial charge in [0.1, 0.15) is 5.75 Å². The SMILES string of the molecule is CN=C(NCCc1ccc(C)nc1)NCCc1ccc(OC)cc1Cl.I. The number of halogens is 2. The normalized spacial score (nSPS) is 10.8. The van der Waals surface area contributed by atoms with Crippen molar-refractivity contribution in [1.82, 2.24) is 15.6 Å². The van der Waals surface area contributed by atoms with Crippen LogP contribution in [-0.4, -0.2) is 38.2 Å². The Morgan fingerprint density at radius 1 is 1.15 bits per heavy atom. The molecule has 5 nitrogen and oxygen atoms in total. The third-order valence-corrected chi connectivity index (χ3v) is 4.20. The monoisotopic (exact) mass is 488 g/mol. The largest absolute Gasteiger partial charge is 0.497 e. The Balaban J connectivity index is 0.00000338. The van der Waals surface area contributed by atoms with Gasteiger partial charge in [-0.1, -0.05) is 23.7 Å². The average molecular weight is 489 g/mol. The summed E-state index contributed by atoms with van der Waals surface area (Å²) in [6.07, 6.45) is 3.63. The highest BCUT2D eigenvalue weighted by molar-refractivity contribution is 14.0. The minimum atomic E-state index is 0. The first-order chi connectivity index (χ1) is 12.1. The molecule has 0 fully saturated rings. The Bertz CT molecular complexity index is 707. The first-order valence-electron chi connectivity index (χ1n) is 8.31. The third kappa shape index (κ3) is 7.37. The van der Waals surface area contributed by atoms with Crippen LogP contribution in [0.2, 0.25) is 5.02 Å². The molecule has 0 spiro atoms. The molecule has 0 unspecified atom stereocenters. The molecule has 0 aliphatic carbocycles. The van der Waals surface area contributed by atoms with E-state index in [0.29, 0.717) is 0 Å². The van der Waals surface area contributed by atoms with Gasteiger partial charge in [-0.05, 0) is 49.1 Å². The van der Waals surface area contributed by atoms with E-state index in [4.69, 9.17) is 16.3 Å². The number of guanidine groups is 1. The average Bonchev–Trinajstić information content (AvgIpc) is 2.63. The van der Waals surface area contributed by atoms with Crippen LogP contribution in [0.1, 0.15) is 16.8 Å². The Morgan fingerprint density at radius 2 is 1.88 bits per heavy atom. The molecular formula is C19H26ClIN4O. The van der Waals surface area contributed by atoms with E-state index in [0.717, 1.165) is 53.9 Å². The highest BCUT2D eigenvalue weighted by atomic mass is 127. The number of hydrogen-bond donors (Lipinski definition) is 2. The number of hydrogen-bond acceptors (Lipinski definition) is 3. The number of aryl methyl sites for hydroxylation is 1. The van der Waals surface area contributed by atoms with Gasteiger partial charge >= 0.3 is 0 Å². The van der Waals surface area contributed by atoms with Gasteiger partial charge in [0.25, 0.3) is 0 Å². The first kappa shape index (κ1) is 22.5. The van der Waals surface area contributed by atoms with E-state index in [-0.39, 0.29) is 24.0 Å². The number of methoxy groups -OCH3 is 1. The Morgan fingerprint density at radius 3 is 2.46 bits per heavy atom. The molecular weight excluding hydrogens is 463 g/mol. The Labute approximate surface area is 177 Å². The number of ether oxygens (including phenoxy) is 1. The van der Waals surface area contributed by atoms with Crippen molar-refractivity contribution in [2.45, 2.75) is 19.8 Å². The van der Waals surface area contributed by atoms with Crippen LogP contribution >= 0.6 is 35.6 Å². The fraction of sp³-hybridized carbons (Fsp3) is 0.368. The van der Waals surface area contributed by atoms with Gasteiger partial charge in [-0.2, -0.15) is 0 Å². The van der Waals surface area contributed by atoms with Gasteiger partial charge in [0.15, 0.2) is 5.96 Å². The molecule has 7 heteroatoms. The van der Waals surface area contributed by atoms with Crippen molar-refractivity contribution in [1.29, 1.82) is 0 Å². The molecule has 142 valence electrons. The number of pyridine rings is 1. The number of nitrogens with one attached hydrogen (secondary N) is 2. The summed E-state index contributed by atoms with van der Waals surface area (Å²) in [4.78, 5) is 8.55. The molecule has 1 heterocycles. The van der Waals surface area contributed by atoms with Crippen molar-refractivity contribution in [3.05, 3.63) is 58.4 Å². The summed E-state index contributed by atoms with van der Waals surface area (Å²) >= 11 is 6.26.